The maximum absolute atomic E-state index is 11.8. The number of halogens is 1. The third-order valence-corrected chi connectivity index (χ3v) is 5.44. The number of carbonyl (C=O) groups is 1. The quantitative estimate of drug-likeness (QED) is 0.504. The molecule has 0 radical (unpaired) electrons. The van der Waals surface area contributed by atoms with Crippen LogP contribution in [0.25, 0.3) is 0 Å². The van der Waals surface area contributed by atoms with E-state index in [0.29, 0.717) is 23.6 Å². The zero-order valence-electron chi connectivity index (χ0n) is 18.1. The molecule has 0 aromatic heterocycles. The van der Waals surface area contributed by atoms with Gasteiger partial charge in [-0.2, -0.15) is 0 Å². The first-order chi connectivity index (χ1) is 14.3. The first-order valence-corrected chi connectivity index (χ1v) is 10.3. The molecule has 1 aromatic rings. The number of aliphatic hydroxyl groups is 1. The van der Waals surface area contributed by atoms with Crippen LogP contribution in [-0.4, -0.2) is 50.4 Å². The minimum atomic E-state index is -1.52. The monoisotopic (exact) mass is 438 g/mol. The fourth-order valence-electron chi connectivity index (χ4n) is 3.43. The number of hydrogen-bond acceptors (Lipinski definition) is 6. The summed E-state index contributed by atoms with van der Waals surface area (Å²) in [6.07, 6.45) is 5.33. The van der Waals surface area contributed by atoms with Gasteiger partial charge in [-0.3, -0.25) is 5.32 Å². The highest BCUT2D eigenvalue weighted by molar-refractivity contribution is 6.34. The van der Waals surface area contributed by atoms with Crippen LogP contribution in [0.3, 0.4) is 0 Å². The molecular formula is C22H31ClN2O5. The average molecular weight is 439 g/mol. The van der Waals surface area contributed by atoms with E-state index < -0.39 is 17.9 Å². The molecule has 0 saturated carbocycles. The van der Waals surface area contributed by atoms with Gasteiger partial charge in [-0.05, 0) is 37.5 Å². The molecule has 1 fully saturated rings. The van der Waals surface area contributed by atoms with Crippen molar-refractivity contribution in [3.63, 3.8) is 0 Å². The molecule has 30 heavy (non-hydrogen) atoms. The van der Waals surface area contributed by atoms with E-state index in [1.165, 1.54) is 7.11 Å². The minimum Gasteiger partial charge on any atom is -0.495 e. The molecule has 1 amide bonds. The number of alkyl carbamates (subject to hydrolysis) is 1. The third-order valence-electron chi connectivity index (χ3n) is 5.05. The standard InChI is InChI=1S/C22H31ClN2O5/c1-6-16-13-22(27,25-21(26)30-16)19(29-5)9-7-8-14(2)10-15-11-17(24-3)20(23)18(12-15)28-4/h7-9,11-12,16,19,24,27H,6,10,13H2,1-5H3,(H,25,26)/b9-7+,14-8+. The largest absolute Gasteiger partial charge is 0.495 e. The van der Waals surface area contributed by atoms with E-state index in [9.17, 15) is 9.90 Å². The van der Waals surface area contributed by atoms with Gasteiger partial charge in [0.2, 0.25) is 0 Å². The Labute approximate surface area is 183 Å². The summed E-state index contributed by atoms with van der Waals surface area (Å²) >= 11 is 6.28. The van der Waals surface area contributed by atoms with E-state index in [-0.39, 0.29) is 12.5 Å². The SMILES string of the molecule is CCC1CC(O)(C(/C=C/C=C(\C)Cc2cc(NC)c(Cl)c(OC)c2)OC)NC(=O)O1. The molecule has 1 aromatic carbocycles. The highest BCUT2D eigenvalue weighted by Crippen LogP contribution is 2.34. The highest BCUT2D eigenvalue weighted by Gasteiger charge is 2.44. The number of anilines is 1. The molecule has 166 valence electrons. The van der Waals surface area contributed by atoms with Gasteiger partial charge < -0.3 is 24.6 Å². The summed E-state index contributed by atoms with van der Waals surface area (Å²) in [5, 5.41) is 17.0. The van der Waals surface area contributed by atoms with Crippen molar-refractivity contribution in [1.29, 1.82) is 0 Å². The lowest BCUT2D eigenvalue weighted by atomic mass is 9.95. The van der Waals surface area contributed by atoms with Gasteiger partial charge >= 0.3 is 6.09 Å². The Bertz CT molecular complexity index is 786. The zero-order chi connectivity index (χ0) is 22.3. The van der Waals surface area contributed by atoms with Crippen molar-refractivity contribution in [3.8, 4) is 5.75 Å². The van der Waals surface area contributed by atoms with E-state index in [4.69, 9.17) is 25.8 Å². The van der Waals surface area contributed by atoms with Crippen LogP contribution >= 0.6 is 11.6 Å². The van der Waals surface area contributed by atoms with Crippen molar-refractivity contribution in [2.24, 2.45) is 0 Å². The summed E-state index contributed by atoms with van der Waals surface area (Å²) in [7, 11) is 4.89. The summed E-state index contributed by atoms with van der Waals surface area (Å²) in [6.45, 7) is 3.91. The number of benzene rings is 1. The van der Waals surface area contributed by atoms with Crippen molar-refractivity contribution < 1.29 is 24.1 Å². The molecule has 1 heterocycles. The maximum atomic E-state index is 11.8. The Morgan fingerprint density at radius 3 is 2.83 bits per heavy atom. The summed E-state index contributed by atoms with van der Waals surface area (Å²) in [5.41, 5.74) is 1.42. The second-order valence-electron chi connectivity index (χ2n) is 7.33. The molecule has 7 nitrogen and oxygen atoms in total. The molecule has 8 heteroatoms. The Morgan fingerprint density at radius 1 is 1.50 bits per heavy atom. The molecule has 1 aliphatic heterocycles. The Hall–Kier alpha value is -2.22. The minimum absolute atomic E-state index is 0.248. The van der Waals surface area contributed by atoms with Crippen molar-refractivity contribution in [3.05, 3.63) is 46.5 Å². The fourth-order valence-corrected chi connectivity index (χ4v) is 3.71. The van der Waals surface area contributed by atoms with E-state index in [1.54, 1.807) is 13.2 Å². The number of hydrogen-bond donors (Lipinski definition) is 3. The van der Waals surface area contributed by atoms with Crippen molar-refractivity contribution >= 4 is 23.4 Å². The van der Waals surface area contributed by atoms with Gasteiger partial charge in [0.05, 0.1) is 12.8 Å². The van der Waals surface area contributed by atoms with Crippen LogP contribution in [0.2, 0.25) is 5.02 Å². The Morgan fingerprint density at radius 2 is 2.23 bits per heavy atom. The van der Waals surface area contributed by atoms with Crippen LogP contribution in [0.1, 0.15) is 32.3 Å². The van der Waals surface area contributed by atoms with E-state index in [1.807, 2.05) is 45.2 Å². The number of ether oxygens (including phenoxy) is 3. The predicted molar refractivity (Wildman–Crippen MR) is 118 cm³/mol. The number of amides is 1. The normalized spacial score (nSPS) is 23.1. The average Bonchev–Trinajstić information content (AvgIpc) is 2.71. The first-order valence-electron chi connectivity index (χ1n) is 9.88. The van der Waals surface area contributed by atoms with Gasteiger partial charge in [0, 0.05) is 20.6 Å². The van der Waals surface area contributed by atoms with E-state index in [0.717, 1.165) is 16.8 Å². The summed E-state index contributed by atoms with van der Waals surface area (Å²) < 4.78 is 15.9. The van der Waals surface area contributed by atoms with Crippen LogP contribution in [0.4, 0.5) is 10.5 Å². The van der Waals surface area contributed by atoms with Gasteiger partial charge in [-0.1, -0.05) is 42.3 Å². The zero-order valence-corrected chi connectivity index (χ0v) is 18.9. The number of carbonyl (C=O) groups excluding carboxylic acids is 1. The van der Waals surface area contributed by atoms with Gasteiger partial charge in [0.1, 0.15) is 23.0 Å². The van der Waals surface area contributed by atoms with Crippen LogP contribution in [0.5, 0.6) is 5.75 Å². The lowest BCUT2D eigenvalue weighted by Gasteiger charge is -2.40. The van der Waals surface area contributed by atoms with Crippen molar-refractivity contribution in [2.45, 2.75) is 51.0 Å². The predicted octanol–water partition coefficient (Wildman–Crippen LogP) is 4.05. The molecule has 3 atom stereocenters. The molecule has 2 rings (SSSR count). The van der Waals surface area contributed by atoms with Crippen LogP contribution in [-0.2, 0) is 15.9 Å². The number of cyclic esters (lactones) is 1. The topological polar surface area (TPSA) is 89.0 Å². The van der Waals surface area contributed by atoms with E-state index in [2.05, 4.69) is 10.6 Å². The molecular weight excluding hydrogens is 408 g/mol. The van der Waals surface area contributed by atoms with Gasteiger partial charge in [0.25, 0.3) is 0 Å². The number of methoxy groups -OCH3 is 2. The van der Waals surface area contributed by atoms with Crippen molar-refractivity contribution in [2.75, 3.05) is 26.6 Å². The van der Waals surface area contributed by atoms with Gasteiger partial charge in [-0.15, -0.1) is 0 Å². The second kappa shape index (κ2) is 10.7. The molecule has 0 spiro atoms. The maximum Gasteiger partial charge on any atom is 0.409 e. The van der Waals surface area contributed by atoms with Crippen molar-refractivity contribution in [1.82, 2.24) is 5.32 Å². The lowest BCUT2D eigenvalue weighted by Crippen LogP contribution is -2.62. The van der Waals surface area contributed by atoms with E-state index >= 15 is 0 Å². The number of nitrogens with one attached hydrogen (secondary N) is 2. The fraction of sp³-hybridized carbons (Fsp3) is 0.500. The van der Waals surface area contributed by atoms with Crippen LogP contribution in [0.15, 0.2) is 35.9 Å². The number of allylic oxidation sites excluding steroid dienone is 3. The van der Waals surface area contributed by atoms with Crippen LogP contribution in [0, 0.1) is 0 Å². The lowest BCUT2D eigenvalue weighted by molar-refractivity contribution is -0.134. The molecule has 3 unspecified atom stereocenters. The Kier molecular flexibility index (Phi) is 8.58. The second-order valence-corrected chi connectivity index (χ2v) is 7.71. The third kappa shape index (κ3) is 5.90. The summed E-state index contributed by atoms with van der Waals surface area (Å²) in [6, 6.07) is 3.89. The molecule has 1 saturated heterocycles. The summed E-state index contributed by atoms with van der Waals surface area (Å²) in [4.78, 5) is 11.8. The molecule has 3 N–H and O–H groups in total. The van der Waals surface area contributed by atoms with Gasteiger partial charge in [-0.25, -0.2) is 4.79 Å². The Balaban J connectivity index is 2.12. The molecule has 1 aliphatic rings. The first kappa shape index (κ1) is 24.1. The highest BCUT2D eigenvalue weighted by atomic mass is 35.5. The summed E-state index contributed by atoms with van der Waals surface area (Å²) in [5.74, 6) is 0.615. The van der Waals surface area contributed by atoms with Crippen LogP contribution < -0.4 is 15.4 Å². The molecule has 0 bridgehead atoms. The molecule has 0 aliphatic carbocycles. The smallest absolute Gasteiger partial charge is 0.409 e. The van der Waals surface area contributed by atoms with Gasteiger partial charge in [0.15, 0.2) is 5.72 Å². The number of rotatable bonds is 9.